The molecule has 0 atom stereocenters. The molecule has 0 aliphatic heterocycles. The Morgan fingerprint density at radius 1 is 1.32 bits per heavy atom. The van der Waals surface area contributed by atoms with Crippen molar-refractivity contribution >= 4 is 11.6 Å². The van der Waals surface area contributed by atoms with Crippen LogP contribution in [0.2, 0.25) is 0 Å². The van der Waals surface area contributed by atoms with Crippen LogP contribution < -0.4 is 11.1 Å². The van der Waals surface area contributed by atoms with E-state index in [1.165, 1.54) is 18.2 Å². The summed E-state index contributed by atoms with van der Waals surface area (Å²) in [7, 11) is 0. The molecule has 0 aliphatic carbocycles. The molecule has 2 rings (SSSR count). The Morgan fingerprint density at radius 2 is 2.05 bits per heavy atom. The Hall–Kier alpha value is -2.34. The van der Waals surface area contributed by atoms with Gasteiger partial charge in [0.25, 0.3) is 0 Å². The van der Waals surface area contributed by atoms with Gasteiger partial charge in [-0.1, -0.05) is 0 Å². The third kappa shape index (κ3) is 3.11. The highest BCUT2D eigenvalue weighted by Crippen LogP contribution is 2.17. The number of nitrogens with two attached hydrogens (primary N) is 1. The van der Waals surface area contributed by atoms with Crippen LogP contribution in [0.1, 0.15) is 21.9 Å². The standard InChI is InChI=1S/C13H13FN2O3/c14-11-4-1-8(13(15)18)5-12(11)16-6-9-2-3-10(7-17)19-9/h1-5,16-17H,6-7H2,(H2,15,18). The summed E-state index contributed by atoms with van der Waals surface area (Å²) in [6.07, 6.45) is 0. The van der Waals surface area contributed by atoms with Crippen LogP contribution in [0.25, 0.3) is 0 Å². The highest BCUT2D eigenvalue weighted by molar-refractivity contribution is 5.93. The minimum absolute atomic E-state index is 0.165. The number of benzene rings is 1. The van der Waals surface area contributed by atoms with E-state index < -0.39 is 11.7 Å². The van der Waals surface area contributed by atoms with E-state index in [-0.39, 0.29) is 24.4 Å². The second-order valence-corrected chi connectivity index (χ2v) is 3.94. The number of nitrogens with one attached hydrogen (secondary N) is 1. The van der Waals surface area contributed by atoms with E-state index >= 15 is 0 Å². The smallest absolute Gasteiger partial charge is 0.248 e. The first-order valence-corrected chi connectivity index (χ1v) is 5.62. The Balaban J connectivity index is 2.10. The van der Waals surface area contributed by atoms with Crippen LogP contribution in [0.3, 0.4) is 0 Å². The van der Waals surface area contributed by atoms with Crippen molar-refractivity contribution in [1.29, 1.82) is 0 Å². The van der Waals surface area contributed by atoms with Crippen molar-refractivity contribution in [2.75, 3.05) is 5.32 Å². The van der Waals surface area contributed by atoms with Crippen molar-refractivity contribution in [3.05, 3.63) is 53.2 Å². The van der Waals surface area contributed by atoms with E-state index in [2.05, 4.69) is 5.32 Å². The largest absolute Gasteiger partial charge is 0.462 e. The number of hydrogen-bond acceptors (Lipinski definition) is 4. The Kier molecular flexibility index (Phi) is 3.82. The van der Waals surface area contributed by atoms with Gasteiger partial charge in [0.15, 0.2) is 0 Å². The summed E-state index contributed by atoms with van der Waals surface area (Å²) >= 11 is 0. The molecule has 1 heterocycles. The van der Waals surface area contributed by atoms with Crippen LogP contribution in [0.4, 0.5) is 10.1 Å². The summed E-state index contributed by atoms with van der Waals surface area (Å²) in [6.45, 7) is 0.0463. The fraction of sp³-hybridized carbons (Fsp3) is 0.154. The summed E-state index contributed by atoms with van der Waals surface area (Å²) in [5.74, 6) is -0.126. The van der Waals surface area contributed by atoms with Gasteiger partial charge in [-0.15, -0.1) is 0 Å². The van der Waals surface area contributed by atoms with Crippen LogP contribution >= 0.6 is 0 Å². The van der Waals surface area contributed by atoms with Crippen molar-refractivity contribution in [2.45, 2.75) is 13.2 Å². The molecule has 0 radical (unpaired) electrons. The van der Waals surface area contributed by atoms with Gasteiger partial charge in [-0.3, -0.25) is 4.79 Å². The highest BCUT2D eigenvalue weighted by atomic mass is 19.1. The SMILES string of the molecule is NC(=O)c1ccc(F)c(NCc2ccc(CO)o2)c1. The molecule has 0 spiro atoms. The molecule has 0 unspecified atom stereocenters. The number of aliphatic hydroxyl groups is 1. The predicted octanol–water partition coefficient (Wildman–Crippen LogP) is 1.62. The summed E-state index contributed by atoms with van der Waals surface area (Å²) in [6, 6.07) is 7.14. The average Bonchev–Trinajstić information content (AvgIpc) is 2.85. The van der Waals surface area contributed by atoms with Gasteiger partial charge in [0.2, 0.25) is 5.91 Å². The van der Waals surface area contributed by atoms with E-state index in [4.69, 9.17) is 15.3 Å². The molecule has 0 aliphatic rings. The normalized spacial score (nSPS) is 10.4. The molecular formula is C13H13FN2O3. The van der Waals surface area contributed by atoms with Crippen LogP contribution in [0, 0.1) is 5.82 Å². The first kappa shape index (κ1) is 13.1. The summed E-state index contributed by atoms with van der Waals surface area (Å²) in [5, 5.41) is 11.7. The topological polar surface area (TPSA) is 88.5 Å². The fourth-order valence-electron chi connectivity index (χ4n) is 1.60. The first-order valence-electron chi connectivity index (χ1n) is 5.62. The van der Waals surface area contributed by atoms with E-state index in [0.29, 0.717) is 11.5 Å². The zero-order valence-corrected chi connectivity index (χ0v) is 10.0. The second kappa shape index (κ2) is 5.53. The molecule has 1 aromatic carbocycles. The van der Waals surface area contributed by atoms with Crippen LogP contribution in [0.5, 0.6) is 0 Å². The van der Waals surface area contributed by atoms with Crippen molar-refractivity contribution in [3.63, 3.8) is 0 Å². The van der Waals surface area contributed by atoms with Gasteiger partial charge in [0.1, 0.15) is 23.9 Å². The Labute approximate surface area is 108 Å². The Morgan fingerprint density at radius 3 is 2.68 bits per heavy atom. The lowest BCUT2D eigenvalue weighted by atomic mass is 10.2. The van der Waals surface area contributed by atoms with Crippen LogP contribution in [0.15, 0.2) is 34.7 Å². The van der Waals surface area contributed by atoms with E-state index in [1.54, 1.807) is 12.1 Å². The highest BCUT2D eigenvalue weighted by Gasteiger charge is 2.08. The van der Waals surface area contributed by atoms with Crippen LogP contribution in [-0.2, 0) is 13.2 Å². The zero-order chi connectivity index (χ0) is 13.8. The monoisotopic (exact) mass is 264 g/mol. The number of halogens is 1. The van der Waals surface area contributed by atoms with Crippen LogP contribution in [-0.4, -0.2) is 11.0 Å². The summed E-state index contributed by atoms with van der Waals surface area (Å²) < 4.78 is 18.8. The average molecular weight is 264 g/mol. The lowest BCUT2D eigenvalue weighted by molar-refractivity contribution is 0.100. The molecule has 19 heavy (non-hydrogen) atoms. The minimum atomic E-state index is -0.622. The molecule has 0 saturated carbocycles. The number of anilines is 1. The third-order valence-corrected chi connectivity index (χ3v) is 2.58. The molecule has 5 nitrogen and oxygen atoms in total. The lowest BCUT2D eigenvalue weighted by Crippen LogP contribution is -2.12. The predicted molar refractivity (Wildman–Crippen MR) is 66.9 cm³/mol. The van der Waals surface area contributed by atoms with Gasteiger partial charge in [0.05, 0.1) is 12.2 Å². The van der Waals surface area contributed by atoms with Crippen molar-refractivity contribution in [1.82, 2.24) is 0 Å². The van der Waals surface area contributed by atoms with E-state index in [1.807, 2.05) is 0 Å². The number of amides is 1. The number of hydrogen-bond donors (Lipinski definition) is 3. The first-order chi connectivity index (χ1) is 9.10. The maximum atomic E-state index is 13.5. The number of furan rings is 1. The summed E-state index contributed by atoms with van der Waals surface area (Å²) in [4.78, 5) is 11.0. The van der Waals surface area contributed by atoms with Crippen molar-refractivity contribution in [3.8, 4) is 0 Å². The zero-order valence-electron chi connectivity index (χ0n) is 10.0. The van der Waals surface area contributed by atoms with E-state index in [9.17, 15) is 9.18 Å². The molecule has 1 aromatic heterocycles. The molecule has 4 N–H and O–H groups in total. The van der Waals surface area contributed by atoms with Gasteiger partial charge < -0.3 is 20.6 Å². The third-order valence-electron chi connectivity index (χ3n) is 2.58. The number of aliphatic hydroxyl groups excluding tert-OH is 1. The fourth-order valence-corrected chi connectivity index (χ4v) is 1.60. The molecule has 1 amide bonds. The van der Waals surface area contributed by atoms with Gasteiger partial charge in [-0.2, -0.15) is 0 Å². The van der Waals surface area contributed by atoms with Crippen molar-refractivity contribution < 1.29 is 18.7 Å². The molecule has 6 heteroatoms. The van der Waals surface area contributed by atoms with Gasteiger partial charge >= 0.3 is 0 Å². The number of carbonyl (C=O) groups is 1. The van der Waals surface area contributed by atoms with Gasteiger partial charge in [-0.25, -0.2) is 4.39 Å². The number of carbonyl (C=O) groups excluding carboxylic acids is 1. The number of rotatable bonds is 5. The maximum Gasteiger partial charge on any atom is 0.248 e. The molecule has 2 aromatic rings. The maximum absolute atomic E-state index is 13.5. The molecule has 0 saturated heterocycles. The summed E-state index contributed by atoms with van der Waals surface area (Å²) in [5.41, 5.74) is 5.51. The lowest BCUT2D eigenvalue weighted by Gasteiger charge is -2.07. The molecule has 0 fully saturated rings. The Bertz CT molecular complexity index is 595. The molecule has 100 valence electrons. The minimum Gasteiger partial charge on any atom is -0.462 e. The number of primary amides is 1. The second-order valence-electron chi connectivity index (χ2n) is 3.94. The van der Waals surface area contributed by atoms with E-state index in [0.717, 1.165) is 0 Å². The quantitative estimate of drug-likeness (QED) is 0.765. The molecular weight excluding hydrogens is 251 g/mol. The van der Waals surface area contributed by atoms with Gasteiger partial charge in [0, 0.05) is 5.56 Å². The van der Waals surface area contributed by atoms with Crippen molar-refractivity contribution in [2.24, 2.45) is 5.73 Å². The molecule has 0 bridgehead atoms. The van der Waals surface area contributed by atoms with Gasteiger partial charge in [-0.05, 0) is 30.3 Å².